The first kappa shape index (κ1) is 14.8. The van der Waals surface area contributed by atoms with Crippen LogP contribution in [0.25, 0.3) is 0 Å². The van der Waals surface area contributed by atoms with Crippen LogP contribution in [0, 0.1) is 0 Å². The molecule has 2 aromatic rings. The van der Waals surface area contributed by atoms with E-state index in [2.05, 4.69) is 34.5 Å². The molecule has 0 spiro atoms. The van der Waals surface area contributed by atoms with Crippen molar-refractivity contribution < 1.29 is 9.21 Å². The highest BCUT2D eigenvalue weighted by Gasteiger charge is 2.25. The molecule has 6 heteroatoms. The number of fused-ring (bicyclic) bond motifs is 1. The second kappa shape index (κ2) is 6.35. The van der Waals surface area contributed by atoms with Gasteiger partial charge in [0.1, 0.15) is 0 Å². The summed E-state index contributed by atoms with van der Waals surface area (Å²) in [4.78, 5) is 13.5. The lowest BCUT2D eigenvalue weighted by Gasteiger charge is -2.23. The molecule has 2 aliphatic rings. The largest absolute Gasteiger partial charge is 0.414 e. The van der Waals surface area contributed by atoms with Gasteiger partial charge in [-0.15, -0.1) is 10.2 Å². The zero-order chi connectivity index (χ0) is 15.6. The Morgan fingerprint density at radius 1 is 1.22 bits per heavy atom. The van der Waals surface area contributed by atoms with Crippen molar-refractivity contribution in [1.29, 1.82) is 0 Å². The third-order valence-corrected chi connectivity index (χ3v) is 5.64. The van der Waals surface area contributed by atoms with Crippen molar-refractivity contribution in [3.63, 3.8) is 0 Å². The van der Waals surface area contributed by atoms with Gasteiger partial charge in [0.05, 0.1) is 6.54 Å². The monoisotopic (exact) mass is 329 g/mol. The Labute approximate surface area is 139 Å². The van der Waals surface area contributed by atoms with Crippen LogP contribution < -0.4 is 0 Å². The molecule has 1 aromatic carbocycles. The van der Waals surface area contributed by atoms with E-state index in [1.165, 1.54) is 17.5 Å². The molecule has 4 rings (SSSR count). The number of benzene rings is 1. The van der Waals surface area contributed by atoms with E-state index in [1.807, 2.05) is 0 Å². The molecule has 5 nitrogen and oxygen atoms in total. The zero-order valence-electron chi connectivity index (χ0n) is 12.9. The Balaban J connectivity index is 1.45. The second-order valence-corrected chi connectivity index (χ2v) is 7.23. The van der Waals surface area contributed by atoms with E-state index in [9.17, 15) is 4.79 Å². The Kier molecular flexibility index (Phi) is 4.08. The van der Waals surface area contributed by atoms with E-state index in [4.69, 9.17) is 4.42 Å². The zero-order valence-corrected chi connectivity index (χ0v) is 13.7. The summed E-state index contributed by atoms with van der Waals surface area (Å²) in [6.07, 6.45) is 5.03. The summed E-state index contributed by atoms with van der Waals surface area (Å²) in [6.45, 7) is 1.23. The van der Waals surface area contributed by atoms with Gasteiger partial charge in [0, 0.05) is 18.2 Å². The highest BCUT2D eigenvalue weighted by Crippen LogP contribution is 2.42. The van der Waals surface area contributed by atoms with Crippen LogP contribution in [-0.2, 0) is 17.8 Å². The van der Waals surface area contributed by atoms with Crippen LogP contribution in [0.5, 0.6) is 0 Å². The molecule has 0 radical (unpaired) electrons. The molecule has 1 aromatic heterocycles. The average Bonchev–Trinajstić information content (AvgIpc) is 3.18. The van der Waals surface area contributed by atoms with Gasteiger partial charge in [-0.05, 0) is 36.8 Å². The molecule has 1 amide bonds. The molecule has 0 saturated carbocycles. The van der Waals surface area contributed by atoms with E-state index in [0.29, 0.717) is 29.3 Å². The Hall–Kier alpha value is -1.82. The topological polar surface area (TPSA) is 59.2 Å². The van der Waals surface area contributed by atoms with Gasteiger partial charge in [-0.1, -0.05) is 36.0 Å². The maximum Gasteiger partial charge on any atom is 0.277 e. The van der Waals surface area contributed by atoms with Crippen molar-refractivity contribution >= 4 is 17.7 Å². The molecule has 1 fully saturated rings. The van der Waals surface area contributed by atoms with Crippen molar-refractivity contribution in [2.24, 2.45) is 0 Å². The fourth-order valence-corrected chi connectivity index (χ4v) is 4.45. The number of hydrogen-bond acceptors (Lipinski definition) is 5. The molecular formula is C17H19N3O2S. The third kappa shape index (κ3) is 3.13. The first-order valence-corrected chi connectivity index (χ1v) is 9.02. The smallest absolute Gasteiger partial charge is 0.277 e. The minimum Gasteiger partial charge on any atom is -0.414 e. The van der Waals surface area contributed by atoms with Gasteiger partial charge >= 0.3 is 0 Å². The molecule has 1 aliphatic carbocycles. The van der Waals surface area contributed by atoms with E-state index in [0.717, 1.165) is 25.8 Å². The Morgan fingerprint density at radius 2 is 2.13 bits per heavy atom. The molecule has 0 unspecified atom stereocenters. The number of likely N-dealkylation sites (tertiary alicyclic amines) is 1. The maximum absolute atomic E-state index is 11.7. The highest BCUT2D eigenvalue weighted by molar-refractivity contribution is 7.99. The van der Waals surface area contributed by atoms with Gasteiger partial charge in [-0.3, -0.25) is 4.79 Å². The lowest BCUT2D eigenvalue weighted by atomic mass is 9.91. The molecule has 0 N–H and O–H groups in total. The summed E-state index contributed by atoms with van der Waals surface area (Å²) in [7, 11) is 0. The SMILES string of the molecule is O=C1CCCN1Cc1nnc(S[C@H]2CCCc3ccccc32)o1. The number of aromatic nitrogens is 2. The fourth-order valence-electron chi connectivity index (χ4n) is 3.34. The summed E-state index contributed by atoms with van der Waals surface area (Å²) in [5, 5.41) is 9.24. The summed E-state index contributed by atoms with van der Waals surface area (Å²) in [5.41, 5.74) is 2.82. The average molecular weight is 329 g/mol. The van der Waals surface area contributed by atoms with E-state index in [1.54, 1.807) is 16.7 Å². The first-order valence-electron chi connectivity index (χ1n) is 8.14. The Bertz CT molecular complexity index is 715. The quantitative estimate of drug-likeness (QED) is 0.861. The number of carbonyl (C=O) groups is 1. The van der Waals surface area contributed by atoms with Crippen LogP contribution in [0.2, 0.25) is 0 Å². The molecule has 0 bridgehead atoms. The lowest BCUT2D eigenvalue weighted by Crippen LogP contribution is -2.23. The number of amides is 1. The van der Waals surface area contributed by atoms with E-state index >= 15 is 0 Å². The number of thioether (sulfide) groups is 1. The summed E-state index contributed by atoms with van der Waals surface area (Å²) >= 11 is 1.64. The number of hydrogen-bond donors (Lipinski definition) is 0. The summed E-state index contributed by atoms with van der Waals surface area (Å²) in [6, 6.07) is 8.60. The van der Waals surface area contributed by atoms with Crippen LogP contribution in [0.3, 0.4) is 0 Å². The van der Waals surface area contributed by atoms with Gasteiger partial charge in [-0.25, -0.2) is 0 Å². The molecule has 1 saturated heterocycles. The number of rotatable bonds is 4. The van der Waals surface area contributed by atoms with Crippen LogP contribution in [0.4, 0.5) is 0 Å². The molecule has 1 atom stereocenters. The second-order valence-electron chi connectivity index (χ2n) is 6.08. The maximum atomic E-state index is 11.7. The number of nitrogens with zero attached hydrogens (tertiary/aromatic N) is 3. The Morgan fingerprint density at radius 3 is 3.00 bits per heavy atom. The van der Waals surface area contributed by atoms with Crippen molar-refractivity contribution in [2.75, 3.05) is 6.54 Å². The van der Waals surface area contributed by atoms with Gasteiger partial charge in [-0.2, -0.15) is 0 Å². The predicted molar refractivity (Wildman–Crippen MR) is 86.9 cm³/mol. The van der Waals surface area contributed by atoms with Crippen LogP contribution in [0.1, 0.15) is 48.0 Å². The first-order chi connectivity index (χ1) is 11.3. The normalized spacial score (nSPS) is 20.8. The van der Waals surface area contributed by atoms with Crippen LogP contribution >= 0.6 is 11.8 Å². The van der Waals surface area contributed by atoms with Gasteiger partial charge in [0.2, 0.25) is 11.8 Å². The highest BCUT2D eigenvalue weighted by atomic mass is 32.2. The fraction of sp³-hybridized carbons (Fsp3) is 0.471. The molecule has 23 heavy (non-hydrogen) atoms. The van der Waals surface area contributed by atoms with Gasteiger partial charge in [0.15, 0.2) is 0 Å². The lowest BCUT2D eigenvalue weighted by molar-refractivity contribution is -0.128. The minimum absolute atomic E-state index is 0.179. The molecule has 120 valence electrons. The predicted octanol–water partition coefficient (Wildman–Crippen LogP) is 3.36. The van der Waals surface area contributed by atoms with E-state index < -0.39 is 0 Å². The number of aryl methyl sites for hydroxylation is 1. The summed E-state index contributed by atoms with van der Waals surface area (Å²) < 4.78 is 5.76. The van der Waals surface area contributed by atoms with Crippen LogP contribution in [-0.4, -0.2) is 27.5 Å². The molecule has 1 aliphatic heterocycles. The van der Waals surface area contributed by atoms with E-state index in [-0.39, 0.29) is 5.91 Å². The van der Waals surface area contributed by atoms with Crippen molar-refractivity contribution in [3.8, 4) is 0 Å². The third-order valence-electron chi connectivity index (χ3n) is 4.50. The minimum atomic E-state index is 0.179. The van der Waals surface area contributed by atoms with Gasteiger partial charge in [0.25, 0.3) is 5.22 Å². The number of carbonyl (C=O) groups excluding carboxylic acids is 1. The summed E-state index contributed by atoms with van der Waals surface area (Å²) in [5.74, 6) is 0.713. The van der Waals surface area contributed by atoms with Gasteiger partial charge < -0.3 is 9.32 Å². The van der Waals surface area contributed by atoms with Crippen LogP contribution in [0.15, 0.2) is 33.9 Å². The standard InChI is InChI=1S/C17H19N3O2S/c21-16-9-4-10-20(16)11-15-18-19-17(22-15)23-14-8-3-6-12-5-1-2-7-13(12)14/h1-2,5,7,14H,3-4,6,8-11H2/t14-/m0/s1. The molecule has 2 heterocycles. The molecular weight excluding hydrogens is 310 g/mol. The van der Waals surface area contributed by atoms with Crippen molar-refractivity contribution in [3.05, 3.63) is 41.3 Å². The van der Waals surface area contributed by atoms with Crippen molar-refractivity contribution in [2.45, 2.75) is 49.1 Å². The van der Waals surface area contributed by atoms with Crippen molar-refractivity contribution in [1.82, 2.24) is 15.1 Å².